The Morgan fingerprint density at radius 2 is 1.79 bits per heavy atom. The van der Waals surface area contributed by atoms with Crippen LogP contribution in [0.15, 0.2) is 0 Å². The molecule has 0 aliphatic carbocycles. The van der Waals surface area contributed by atoms with Gasteiger partial charge in [-0.05, 0) is 27.2 Å². The Labute approximate surface area is 115 Å². The van der Waals surface area contributed by atoms with Crippen molar-refractivity contribution >= 4 is 15.8 Å². The molecular weight excluding hydrogens is 272 g/mol. The largest absolute Gasteiger partial charge is 0.460 e. The summed E-state index contributed by atoms with van der Waals surface area (Å²) in [5, 5.41) is 8.53. The van der Waals surface area contributed by atoms with Crippen molar-refractivity contribution in [2.75, 3.05) is 31.3 Å². The minimum atomic E-state index is -3.23. The molecule has 7 heteroatoms. The number of rotatable bonds is 9. The Balaban J connectivity index is 3.59. The third kappa shape index (κ3) is 12.1. The van der Waals surface area contributed by atoms with Crippen molar-refractivity contribution in [3.8, 4) is 0 Å². The first kappa shape index (κ1) is 18.3. The molecule has 0 rings (SSSR count). The van der Waals surface area contributed by atoms with Gasteiger partial charge >= 0.3 is 5.97 Å². The van der Waals surface area contributed by atoms with Crippen LogP contribution in [0, 0.1) is 0 Å². The van der Waals surface area contributed by atoms with Crippen LogP contribution in [-0.4, -0.2) is 56.4 Å². The predicted octanol–water partition coefficient (Wildman–Crippen LogP) is 0.532. The maximum Gasteiger partial charge on any atom is 0.306 e. The summed E-state index contributed by atoms with van der Waals surface area (Å²) < 4.78 is 32.7. The molecule has 0 spiro atoms. The molecule has 0 saturated heterocycles. The van der Waals surface area contributed by atoms with E-state index < -0.39 is 15.4 Å². The van der Waals surface area contributed by atoms with Gasteiger partial charge in [-0.3, -0.25) is 4.79 Å². The molecule has 114 valence electrons. The van der Waals surface area contributed by atoms with Crippen molar-refractivity contribution < 1.29 is 27.8 Å². The highest BCUT2D eigenvalue weighted by molar-refractivity contribution is 7.91. The first-order valence-corrected chi connectivity index (χ1v) is 8.09. The molecule has 6 nitrogen and oxygen atoms in total. The van der Waals surface area contributed by atoms with Gasteiger partial charge in [0, 0.05) is 13.0 Å². The number of hydrogen-bond acceptors (Lipinski definition) is 6. The molecule has 0 fully saturated rings. The Hall–Kier alpha value is -0.660. The van der Waals surface area contributed by atoms with Gasteiger partial charge in [-0.15, -0.1) is 0 Å². The van der Waals surface area contributed by atoms with E-state index in [0.717, 1.165) is 0 Å². The summed E-state index contributed by atoms with van der Waals surface area (Å²) in [6, 6.07) is 0. The highest BCUT2D eigenvalue weighted by Crippen LogP contribution is 2.09. The van der Waals surface area contributed by atoms with Crippen molar-refractivity contribution in [2.45, 2.75) is 39.2 Å². The number of ether oxygens (including phenoxy) is 2. The van der Waals surface area contributed by atoms with E-state index in [1.54, 1.807) is 20.8 Å². The predicted molar refractivity (Wildman–Crippen MR) is 71.6 cm³/mol. The number of sulfone groups is 1. The molecular formula is C12H24O6S. The van der Waals surface area contributed by atoms with Crippen molar-refractivity contribution in [2.24, 2.45) is 0 Å². The lowest BCUT2D eigenvalue weighted by atomic mass is 10.2. The third-order valence-electron chi connectivity index (χ3n) is 2.03. The summed E-state index contributed by atoms with van der Waals surface area (Å²) in [5.74, 6) is -0.641. The van der Waals surface area contributed by atoms with Gasteiger partial charge in [-0.25, -0.2) is 8.42 Å². The highest BCUT2D eigenvalue weighted by atomic mass is 32.2. The first-order chi connectivity index (χ1) is 8.66. The number of carbonyl (C=O) groups excluding carboxylic acids is 1. The molecule has 0 aliphatic heterocycles. The number of aliphatic hydroxyl groups is 1. The summed E-state index contributed by atoms with van der Waals surface area (Å²) in [6.07, 6.45) is 0.746. The van der Waals surface area contributed by atoms with Crippen LogP contribution < -0.4 is 0 Å². The van der Waals surface area contributed by atoms with Gasteiger partial charge in [0.15, 0.2) is 9.84 Å². The number of aliphatic hydroxyl groups excluding tert-OH is 1. The standard InChI is InChI=1S/C12H24O6S/c1-12(2,3)18-11(14)5-4-7-17-8-10-19(15,16)9-6-13/h13H,4-10H2,1-3H3. The average molecular weight is 296 g/mol. The summed E-state index contributed by atoms with van der Waals surface area (Å²) >= 11 is 0. The second kappa shape index (κ2) is 8.50. The fraction of sp³-hybridized carbons (Fsp3) is 0.917. The summed E-state index contributed by atoms with van der Waals surface area (Å²) in [6.45, 7) is 5.42. The molecule has 0 bridgehead atoms. The van der Waals surface area contributed by atoms with Crippen LogP contribution in [0.2, 0.25) is 0 Å². The van der Waals surface area contributed by atoms with Crippen molar-refractivity contribution in [1.82, 2.24) is 0 Å². The molecule has 0 aromatic rings. The van der Waals surface area contributed by atoms with E-state index >= 15 is 0 Å². The van der Waals surface area contributed by atoms with Gasteiger partial charge in [0.25, 0.3) is 0 Å². The monoisotopic (exact) mass is 296 g/mol. The van der Waals surface area contributed by atoms with E-state index in [4.69, 9.17) is 14.6 Å². The van der Waals surface area contributed by atoms with E-state index in [2.05, 4.69) is 0 Å². The summed E-state index contributed by atoms with van der Waals surface area (Å²) in [7, 11) is -3.23. The molecule has 0 aromatic heterocycles. The van der Waals surface area contributed by atoms with Crippen LogP contribution >= 0.6 is 0 Å². The Kier molecular flexibility index (Phi) is 8.20. The van der Waals surface area contributed by atoms with Gasteiger partial charge in [-0.1, -0.05) is 0 Å². The lowest BCUT2D eigenvalue weighted by molar-refractivity contribution is -0.155. The smallest absolute Gasteiger partial charge is 0.306 e. The van der Waals surface area contributed by atoms with Gasteiger partial charge in [0.1, 0.15) is 5.60 Å². The number of hydrogen-bond donors (Lipinski definition) is 1. The molecule has 1 N–H and O–H groups in total. The Bertz CT molecular complexity index is 355. The second-order valence-corrected chi connectivity index (χ2v) is 7.48. The van der Waals surface area contributed by atoms with E-state index in [-0.39, 0.29) is 37.1 Å². The fourth-order valence-electron chi connectivity index (χ4n) is 1.24. The van der Waals surface area contributed by atoms with Crippen molar-refractivity contribution in [3.05, 3.63) is 0 Å². The van der Waals surface area contributed by atoms with Crippen LogP contribution in [0.1, 0.15) is 33.6 Å². The zero-order chi connectivity index (χ0) is 14.9. The average Bonchev–Trinajstić information content (AvgIpc) is 2.20. The van der Waals surface area contributed by atoms with E-state index in [0.29, 0.717) is 13.0 Å². The van der Waals surface area contributed by atoms with Gasteiger partial charge < -0.3 is 14.6 Å². The molecule has 0 unspecified atom stereocenters. The lowest BCUT2D eigenvalue weighted by Crippen LogP contribution is -2.24. The van der Waals surface area contributed by atoms with Crippen molar-refractivity contribution in [1.29, 1.82) is 0 Å². The topological polar surface area (TPSA) is 89.9 Å². The Morgan fingerprint density at radius 3 is 2.32 bits per heavy atom. The van der Waals surface area contributed by atoms with E-state index in [1.165, 1.54) is 0 Å². The minimum absolute atomic E-state index is 0.0800. The van der Waals surface area contributed by atoms with Gasteiger partial charge in [0.2, 0.25) is 0 Å². The van der Waals surface area contributed by atoms with E-state index in [1.807, 2.05) is 0 Å². The van der Waals surface area contributed by atoms with Crippen LogP contribution in [0.3, 0.4) is 0 Å². The second-order valence-electron chi connectivity index (χ2n) is 5.18. The summed E-state index contributed by atoms with van der Waals surface area (Å²) in [5.41, 5.74) is -0.490. The third-order valence-corrected chi connectivity index (χ3v) is 3.62. The number of esters is 1. The summed E-state index contributed by atoms with van der Waals surface area (Å²) in [4.78, 5) is 11.3. The molecule has 0 aliphatic rings. The lowest BCUT2D eigenvalue weighted by Gasteiger charge is -2.19. The molecule has 0 amide bonds. The van der Waals surface area contributed by atoms with Crippen LogP contribution in [0.25, 0.3) is 0 Å². The normalized spacial score (nSPS) is 12.4. The molecule has 0 radical (unpaired) electrons. The van der Waals surface area contributed by atoms with Gasteiger partial charge in [0.05, 0.1) is 24.7 Å². The molecule has 0 atom stereocenters. The Morgan fingerprint density at radius 1 is 1.16 bits per heavy atom. The quantitative estimate of drug-likeness (QED) is 0.493. The zero-order valence-corrected chi connectivity index (χ0v) is 12.7. The van der Waals surface area contributed by atoms with Crippen molar-refractivity contribution in [3.63, 3.8) is 0 Å². The number of carbonyl (C=O) groups is 1. The highest BCUT2D eigenvalue weighted by Gasteiger charge is 2.15. The maximum absolute atomic E-state index is 11.3. The van der Waals surface area contributed by atoms with Gasteiger partial charge in [-0.2, -0.15) is 0 Å². The SMILES string of the molecule is CC(C)(C)OC(=O)CCCOCCS(=O)(=O)CCO. The minimum Gasteiger partial charge on any atom is -0.460 e. The fourth-order valence-corrected chi connectivity index (χ4v) is 2.09. The molecule has 19 heavy (non-hydrogen) atoms. The van der Waals surface area contributed by atoms with Crippen LogP contribution in [0.4, 0.5) is 0 Å². The van der Waals surface area contributed by atoms with Crippen LogP contribution in [-0.2, 0) is 24.1 Å². The molecule has 0 saturated carbocycles. The molecule has 0 aromatic carbocycles. The van der Waals surface area contributed by atoms with E-state index in [9.17, 15) is 13.2 Å². The zero-order valence-electron chi connectivity index (χ0n) is 11.8. The molecule has 0 heterocycles. The van der Waals surface area contributed by atoms with Crippen LogP contribution in [0.5, 0.6) is 0 Å². The maximum atomic E-state index is 11.3. The first-order valence-electron chi connectivity index (χ1n) is 6.27.